The molecule has 1 atom stereocenters. The van der Waals surface area contributed by atoms with Crippen LogP contribution >= 0.6 is 0 Å². The van der Waals surface area contributed by atoms with E-state index in [-0.39, 0.29) is 5.56 Å². The van der Waals surface area contributed by atoms with E-state index in [1.54, 1.807) is 0 Å². The van der Waals surface area contributed by atoms with E-state index < -0.39 is 28.4 Å². The Labute approximate surface area is 83.9 Å². The van der Waals surface area contributed by atoms with Crippen LogP contribution in [0.4, 0.5) is 5.69 Å². The number of hydrogen-bond acceptors (Lipinski definition) is 5. The summed E-state index contributed by atoms with van der Waals surface area (Å²) in [7, 11) is 0. The summed E-state index contributed by atoms with van der Waals surface area (Å²) in [5, 5.41) is 28.4. The molecular formula is C8H8N2O5. The van der Waals surface area contributed by atoms with Gasteiger partial charge >= 0.3 is 11.7 Å². The summed E-state index contributed by atoms with van der Waals surface area (Å²) < 4.78 is 0. The molecule has 4 N–H and O–H groups in total. The van der Waals surface area contributed by atoms with Crippen molar-refractivity contribution in [2.24, 2.45) is 5.73 Å². The summed E-state index contributed by atoms with van der Waals surface area (Å²) in [5.74, 6) is -2.08. The molecule has 7 heteroatoms. The number of nitrogens with two attached hydrogens (primary N) is 1. The summed E-state index contributed by atoms with van der Waals surface area (Å²) in [6, 6.07) is 2.06. The predicted molar refractivity (Wildman–Crippen MR) is 49.3 cm³/mol. The molecule has 0 saturated heterocycles. The lowest BCUT2D eigenvalue weighted by molar-refractivity contribution is -0.385. The molecule has 7 nitrogen and oxygen atoms in total. The van der Waals surface area contributed by atoms with Crippen LogP contribution in [-0.2, 0) is 4.79 Å². The van der Waals surface area contributed by atoms with E-state index in [4.69, 9.17) is 10.8 Å². The number of carbonyl (C=O) groups is 1. The molecule has 0 spiro atoms. The van der Waals surface area contributed by atoms with Gasteiger partial charge in [-0.25, -0.2) is 0 Å². The first kappa shape index (κ1) is 10.9. The molecule has 0 bridgehead atoms. The molecule has 0 unspecified atom stereocenters. The van der Waals surface area contributed by atoms with Crippen LogP contribution in [0.2, 0.25) is 0 Å². The number of aliphatic carboxylic acids is 1. The highest BCUT2D eigenvalue weighted by atomic mass is 16.6. The van der Waals surface area contributed by atoms with Crippen molar-refractivity contribution in [1.82, 2.24) is 0 Å². The first-order chi connectivity index (χ1) is 6.95. The fraction of sp³-hybridized carbons (Fsp3) is 0.125. The zero-order valence-electron chi connectivity index (χ0n) is 7.45. The second-order valence-corrected chi connectivity index (χ2v) is 2.79. The van der Waals surface area contributed by atoms with Gasteiger partial charge in [-0.1, -0.05) is 12.1 Å². The highest BCUT2D eigenvalue weighted by Gasteiger charge is 2.23. The minimum absolute atomic E-state index is 0.184. The summed E-state index contributed by atoms with van der Waals surface area (Å²) in [6.45, 7) is 0. The normalized spacial score (nSPS) is 12.1. The molecule has 0 aromatic heterocycles. The standard InChI is InChI=1S/C8H8N2O5/c9-6(8(12)13)4-2-1-3-5(7(4)11)10(14)15/h1-3,6,11H,9H2,(H,12,13)/t6-/m0/s1. The van der Waals surface area contributed by atoms with Gasteiger partial charge in [0.25, 0.3) is 0 Å². The number of hydrogen-bond donors (Lipinski definition) is 3. The van der Waals surface area contributed by atoms with Gasteiger partial charge in [0.05, 0.1) is 4.92 Å². The number of carboxylic acid groups (broad SMARTS) is 1. The topological polar surface area (TPSA) is 127 Å². The fourth-order valence-corrected chi connectivity index (χ4v) is 1.08. The van der Waals surface area contributed by atoms with Crippen LogP contribution < -0.4 is 5.73 Å². The van der Waals surface area contributed by atoms with Crippen molar-refractivity contribution < 1.29 is 19.9 Å². The molecule has 0 aliphatic rings. The maximum Gasteiger partial charge on any atom is 0.325 e. The van der Waals surface area contributed by atoms with Gasteiger partial charge in [-0.15, -0.1) is 0 Å². The predicted octanol–water partition coefficient (Wildman–Crippen LogP) is 0.385. The number of rotatable bonds is 3. The third-order valence-electron chi connectivity index (χ3n) is 1.84. The van der Waals surface area contributed by atoms with Crippen LogP contribution in [-0.4, -0.2) is 21.1 Å². The molecule has 0 aliphatic heterocycles. The molecule has 1 aromatic carbocycles. The Balaban J connectivity index is 3.26. The number of carboxylic acids is 1. The average molecular weight is 212 g/mol. The fourth-order valence-electron chi connectivity index (χ4n) is 1.08. The van der Waals surface area contributed by atoms with Gasteiger partial charge in [0, 0.05) is 11.6 Å². The van der Waals surface area contributed by atoms with E-state index in [1.807, 2.05) is 0 Å². The first-order valence-electron chi connectivity index (χ1n) is 3.89. The number of para-hydroxylation sites is 1. The smallest absolute Gasteiger partial charge is 0.325 e. The molecule has 1 aromatic rings. The Morgan fingerprint density at radius 1 is 1.53 bits per heavy atom. The van der Waals surface area contributed by atoms with E-state index >= 15 is 0 Å². The Bertz CT molecular complexity index is 417. The summed E-state index contributed by atoms with van der Waals surface area (Å²) in [5.41, 5.74) is 4.48. The van der Waals surface area contributed by atoms with E-state index in [2.05, 4.69) is 0 Å². The first-order valence-corrected chi connectivity index (χ1v) is 3.89. The number of aromatic hydroxyl groups is 1. The number of nitro groups is 1. The Morgan fingerprint density at radius 2 is 2.13 bits per heavy atom. The molecule has 0 heterocycles. The van der Waals surface area contributed by atoms with Crippen molar-refractivity contribution in [3.8, 4) is 5.75 Å². The summed E-state index contributed by atoms with van der Waals surface area (Å²) in [6.07, 6.45) is 0. The second-order valence-electron chi connectivity index (χ2n) is 2.79. The Kier molecular flexibility index (Phi) is 2.86. The van der Waals surface area contributed by atoms with Crippen LogP contribution in [0.3, 0.4) is 0 Å². The zero-order valence-corrected chi connectivity index (χ0v) is 7.45. The van der Waals surface area contributed by atoms with Crippen molar-refractivity contribution in [3.05, 3.63) is 33.9 Å². The monoisotopic (exact) mass is 212 g/mol. The van der Waals surface area contributed by atoms with E-state index in [0.717, 1.165) is 6.07 Å². The van der Waals surface area contributed by atoms with Crippen molar-refractivity contribution >= 4 is 11.7 Å². The Morgan fingerprint density at radius 3 is 2.60 bits per heavy atom. The number of nitro benzene ring substituents is 1. The van der Waals surface area contributed by atoms with Crippen LogP contribution in [0, 0.1) is 10.1 Å². The minimum atomic E-state index is -1.48. The maximum absolute atomic E-state index is 10.5. The molecule has 0 saturated carbocycles. The van der Waals surface area contributed by atoms with E-state index in [0.29, 0.717) is 0 Å². The van der Waals surface area contributed by atoms with Crippen LogP contribution in [0.5, 0.6) is 5.75 Å². The largest absolute Gasteiger partial charge is 0.502 e. The highest BCUT2D eigenvalue weighted by molar-refractivity contribution is 5.77. The minimum Gasteiger partial charge on any atom is -0.502 e. The van der Waals surface area contributed by atoms with Gasteiger partial charge in [-0.05, 0) is 0 Å². The van der Waals surface area contributed by atoms with E-state index in [1.165, 1.54) is 12.1 Å². The van der Waals surface area contributed by atoms with Crippen molar-refractivity contribution in [3.63, 3.8) is 0 Å². The molecule has 1 rings (SSSR count). The zero-order chi connectivity index (χ0) is 11.6. The molecule has 0 fully saturated rings. The third kappa shape index (κ3) is 2.02. The van der Waals surface area contributed by atoms with Crippen molar-refractivity contribution in [2.75, 3.05) is 0 Å². The quantitative estimate of drug-likeness (QED) is 0.491. The van der Waals surface area contributed by atoms with Crippen molar-refractivity contribution in [1.29, 1.82) is 0 Å². The molecular weight excluding hydrogens is 204 g/mol. The number of phenols is 1. The number of nitrogens with zero attached hydrogens (tertiary/aromatic N) is 1. The molecule has 0 radical (unpaired) electrons. The maximum atomic E-state index is 10.5. The number of benzene rings is 1. The van der Waals surface area contributed by atoms with Crippen LogP contribution in [0.25, 0.3) is 0 Å². The van der Waals surface area contributed by atoms with Gasteiger partial charge in [0.2, 0.25) is 0 Å². The average Bonchev–Trinajstić information content (AvgIpc) is 2.16. The molecule has 0 aliphatic carbocycles. The van der Waals surface area contributed by atoms with E-state index in [9.17, 15) is 20.0 Å². The van der Waals surface area contributed by atoms with Gasteiger partial charge in [-0.3, -0.25) is 14.9 Å². The lowest BCUT2D eigenvalue weighted by Crippen LogP contribution is -2.20. The second kappa shape index (κ2) is 3.93. The highest BCUT2D eigenvalue weighted by Crippen LogP contribution is 2.32. The van der Waals surface area contributed by atoms with Gasteiger partial charge in [0.1, 0.15) is 6.04 Å². The molecule has 15 heavy (non-hydrogen) atoms. The van der Waals surface area contributed by atoms with Crippen molar-refractivity contribution in [2.45, 2.75) is 6.04 Å². The van der Waals surface area contributed by atoms with Gasteiger partial charge in [-0.2, -0.15) is 0 Å². The lowest BCUT2D eigenvalue weighted by atomic mass is 10.1. The van der Waals surface area contributed by atoms with Gasteiger partial charge in [0.15, 0.2) is 5.75 Å². The summed E-state index contributed by atoms with van der Waals surface area (Å²) in [4.78, 5) is 20.1. The summed E-state index contributed by atoms with van der Waals surface area (Å²) >= 11 is 0. The van der Waals surface area contributed by atoms with Gasteiger partial charge < -0.3 is 15.9 Å². The SMILES string of the molecule is N[C@H](C(=O)O)c1cccc([N+](=O)[O-])c1O. The lowest BCUT2D eigenvalue weighted by Gasteiger charge is -2.08. The van der Waals surface area contributed by atoms with Crippen LogP contribution in [0.1, 0.15) is 11.6 Å². The molecule has 80 valence electrons. The van der Waals surface area contributed by atoms with Crippen LogP contribution in [0.15, 0.2) is 18.2 Å². The third-order valence-corrected chi connectivity index (χ3v) is 1.84. The Hall–Kier alpha value is -2.15. The molecule has 0 amide bonds. The number of phenolic OH excluding ortho intramolecular Hbond substituents is 1.